The van der Waals surface area contributed by atoms with Crippen molar-refractivity contribution in [3.05, 3.63) is 63.5 Å². The maximum absolute atomic E-state index is 13.8. The van der Waals surface area contributed by atoms with E-state index in [-0.39, 0.29) is 29.4 Å². The first-order valence-corrected chi connectivity index (χ1v) is 5.84. The summed E-state index contributed by atoms with van der Waals surface area (Å²) in [7, 11) is 0. The van der Waals surface area contributed by atoms with Crippen LogP contribution in [0.5, 0.6) is 11.5 Å². The van der Waals surface area contributed by atoms with Crippen LogP contribution in [0.2, 0.25) is 0 Å². The van der Waals surface area contributed by atoms with E-state index in [4.69, 9.17) is 4.74 Å². The Labute approximate surface area is 114 Å². The summed E-state index contributed by atoms with van der Waals surface area (Å²) in [5.74, 6) is -0.900. The number of phenols is 1. The molecule has 0 saturated heterocycles. The second-order valence-electron chi connectivity index (χ2n) is 4.20. The molecule has 0 aromatic heterocycles. The maximum atomic E-state index is 13.8. The van der Waals surface area contributed by atoms with Crippen LogP contribution in [0.3, 0.4) is 0 Å². The highest BCUT2D eigenvalue weighted by molar-refractivity contribution is 5.42. The van der Waals surface area contributed by atoms with Gasteiger partial charge in [-0.25, -0.2) is 4.39 Å². The Kier molecular flexibility index (Phi) is 3.84. The van der Waals surface area contributed by atoms with Crippen molar-refractivity contribution in [3.63, 3.8) is 0 Å². The largest absolute Gasteiger partial charge is 0.508 e. The van der Waals surface area contributed by atoms with Crippen molar-refractivity contribution < 1.29 is 19.2 Å². The Morgan fingerprint density at radius 1 is 1.30 bits per heavy atom. The molecule has 0 spiro atoms. The van der Waals surface area contributed by atoms with E-state index in [2.05, 4.69) is 0 Å². The fourth-order valence-corrected chi connectivity index (χ4v) is 1.73. The zero-order valence-corrected chi connectivity index (χ0v) is 10.7. The van der Waals surface area contributed by atoms with Crippen LogP contribution >= 0.6 is 0 Å². The van der Waals surface area contributed by atoms with Gasteiger partial charge in [-0.15, -0.1) is 0 Å². The minimum atomic E-state index is -0.677. The number of aromatic hydroxyl groups is 1. The average Bonchev–Trinajstić information content (AvgIpc) is 2.44. The Morgan fingerprint density at radius 3 is 2.70 bits per heavy atom. The van der Waals surface area contributed by atoms with Gasteiger partial charge in [0.2, 0.25) is 0 Å². The number of rotatable bonds is 4. The van der Waals surface area contributed by atoms with E-state index < -0.39 is 10.7 Å². The van der Waals surface area contributed by atoms with Crippen LogP contribution in [-0.4, -0.2) is 10.0 Å². The first kappa shape index (κ1) is 13.8. The van der Waals surface area contributed by atoms with Crippen molar-refractivity contribution in [1.82, 2.24) is 0 Å². The van der Waals surface area contributed by atoms with E-state index in [1.165, 1.54) is 25.1 Å². The molecule has 20 heavy (non-hydrogen) atoms. The lowest BCUT2D eigenvalue weighted by Gasteiger charge is -2.10. The van der Waals surface area contributed by atoms with E-state index in [9.17, 15) is 19.6 Å². The number of para-hydroxylation sites is 1. The number of phenolic OH excluding ortho intramolecular Hbond substituents is 1. The number of halogens is 1. The van der Waals surface area contributed by atoms with Gasteiger partial charge >= 0.3 is 0 Å². The molecule has 0 radical (unpaired) electrons. The Hall–Kier alpha value is -2.63. The maximum Gasteiger partial charge on any atom is 0.276 e. The van der Waals surface area contributed by atoms with Crippen LogP contribution in [0.25, 0.3) is 0 Å². The normalized spacial score (nSPS) is 10.3. The van der Waals surface area contributed by atoms with Gasteiger partial charge < -0.3 is 9.84 Å². The van der Waals surface area contributed by atoms with Crippen LogP contribution < -0.4 is 4.74 Å². The summed E-state index contributed by atoms with van der Waals surface area (Å²) in [6, 6.07) is 8.69. The van der Waals surface area contributed by atoms with Crippen molar-refractivity contribution in [2.45, 2.75) is 13.5 Å². The first-order chi connectivity index (χ1) is 9.50. The summed E-state index contributed by atoms with van der Waals surface area (Å²) >= 11 is 0. The minimum absolute atomic E-state index is 0.0570. The number of benzene rings is 2. The third kappa shape index (κ3) is 2.69. The van der Waals surface area contributed by atoms with E-state index in [1.807, 2.05) is 0 Å². The predicted octanol–water partition coefficient (Wildman–Crippen LogP) is 3.33. The molecule has 104 valence electrons. The van der Waals surface area contributed by atoms with Crippen LogP contribution in [0.1, 0.15) is 11.1 Å². The van der Waals surface area contributed by atoms with Crippen LogP contribution in [-0.2, 0) is 6.61 Å². The molecule has 0 saturated carbocycles. The zero-order chi connectivity index (χ0) is 14.7. The quantitative estimate of drug-likeness (QED) is 0.687. The number of nitro benzene ring substituents is 1. The van der Waals surface area contributed by atoms with Crippen molar-refractivity contribution >= 4 is 5.69 Å². The van der Waals surface area contributed by atoms with Gasteiger partial charge in [0.05, 0.1) is 10.5 Å². The average molecular weight is 277 g/mol. The monoisotopic (exact) mass is 277 g/mol. The summed E-state index contributed by atoms with van der Waals surface area (Å²) in [5.41, 5.74) is 0.344. The predicted molar refractivity (Wildman–Crippen MR) is 70.2 cm³/mol. The number of ether oxygens (including phenoxy) is 1. The number of hydrogen-bond acceptors (Lipinski definition) is 4. The molecule has 0 bridgehead atoms. The van der Waals surface area contributed by atoms with Gasteiger partial charge in [-0.2, -0.15) is 0 Å². The number of hydrogen-bond donors (Lipinski definition) is 1. The SMILES string of the molecule is Cc1c(O)ccc(OCc2ccccc2[N+](=O)[O-])c1F. The molecule has 2 aromatic rings. The molecule has 1 N–H and O–H groups in total. The molecule has 6 heteroatoms. The Bertz CT molecular complexity index is 658. The van der Waals surface area contributed by atoms with Gasteiger partial charge in [0.15, 0.2) is 11.6 Å². The Morgan fingerprint density at radius 2 is 2.00 bits per heavy atom. The lowest BCUT2D eigenvalue weighted by Crippen LogP contribution is -2.02. The molecule has 2 aromatic carbocycles. The summed E-state index contributed by atoms with van der Waals surface area (Å²) in [6.07, 6.45) is 0. The van der Waals surface area contributed by atoms with Crippen LogP contribution in [0.15, 0.2) is 36.4 Å². The minimum Gasteiger partial charge on any atom is -0.508 e. The third-order valence-corrected chi connectivity index (χ3v) is 2.89. The fourth-order valence-electron chi connectivity index (χ4n) is 1.73. The standard InChI is InChI=1S/C14H12FNO4/c1-9-12(17)6-7-13(14(9)15)20-8-10-4-2-3-5-11(10)16(18)19/h2-7,17H,8H2,1H3. The van der Waals surface area contributed by atoms with Crippen LogP contribution in [0, 0.1) is 22.9 Å². The van der Waals surface area contributed by atoms with Crippen molar-refractivity contribution in [2.75, 3.05) is 0 Å². The van der Waals surface area contributed by atoms with Crippen molar-refractivity contribution in [1.29, 1.82) is 0 Å². The Balaban J connectivity index is 2.22. The topological polar surface area (TPSA) is 72.6 Å². The summed E-state index contributed by atoms with van der Waals surface area (Å²) < 4.78 is 19.1. The second kappa shape index (κ2) is 5.56. The highest BCUT2D eigenvalue weighted by atomic mass is 19.1. The fraction of sp³-hybridized carbons (Fsp3) is 0.143. The molecule has 0 fully saturated rings. The highest BCUT2D eigenvalue weighted by Gasteiger charge is 2.15. The number of nitrogens with zero attached hydrogens (tertiary/aromatic N) is 1. The van der Waals surface area contributed by atoms with Gasteiger partial charge in [0.25, 0.3) is 5.69 Å². The first-order valence-electron chi connectivity index (χ1n) is 5.84. The summed E-state index contributed by atoms with van der Waals surface area (Å²) in [4.78, 5) is 10.3. The molecule has 5 nitrogen and oxygen atoms in total. The van der Waals surface area contributed by atoms with E-state index in [1.54, 1.807) is 18.2 Å². The molecule has 0 aliphatic heterocycles. The lowest BCUT2D eigenvalue weighted by molar-refractivity contribution is -0.385. The van der Waals surface area contributed by atoms with Gasteiger partial charge in [0, 0.05) is 11.6 Å². The third-order valence-electron chi connectivity index (χ3n) is 2.89. The van der Waals surface area contributed by atoms with E-state index in [0.29, 0.717) is 5.56 Å². The molecule has 0 atom stereocenters. The van der Waals surface area contributed by atoms with Gasteiger partial charge in [-0.05, 0) is 25.1 Å². The lowest BCUT2D eigenvalue weighted by atomic mass is 10.2. The molecule has 0 aliphatic rings. The molecule has 0 heterocycles. The molecule has 0 aliphatic carbocycles. The zero-order valence-electron chi connectivity index (χ0n) is 10.7. The van der Waals surface area contributed by atoms with E-state index in [0.717, 1.165) is 0 Å². The molecule has 0 amide bonds. The van der Waals surface area contributed by atoms with Crippen molar-refractivity contribution in [3.8, 4) is 11.5 Å². The molecule has 0 unspecified atom stereocenters. The van der Waals surface area contributed by atoms with E-state index >= 15 is 0 Å². The smallest absolute Gasteiger partial charge is 0.276 e. The molecular formula is C14H12FNO4. The highest BCUT2D eigenvalue weighted by Crippen LogP contribution is 2.28. The number of nitro groups is 1. The summed E-state index contributed by atoms with van der Waals surface area (Å²) in [6.45, 7) is 1.29. The second-order valence-corrected chi connectivity index (χ2v) is 4.20. The van der Waals surface area contributed by atoms with Crippen molar-refractivity contribution in [2.24, 2.45) is 0 Å². The van der Waals surface area contributed by atoms with Gasteiger partial charge in [-0.3, -0.25) is 10.1 Å². The van der Waals surface area contributed by atoms with Gasteiger partial charge in [0.1, 0.15) is 12.4 Å². The van der Waals surface area contributed by atoms with Gasteiger partial charge in [-0.1, -0.05) is 12.1 Å². The molecular weight excluding hydrogens is 265 g/mol. The summed E-state index contributed by atoms with van der Waals surface area (Å²) in [5, 5.41) is 20.2. The van der Waals surface area contributed by atoms with Crippen LogP contribution in [0.4, 0.5) is 10.1 Å². The molecule has 2 rings (SSSR count).